The summed E-state index contributed by atoms with van der Waals surface area (Å²) in [5, 5.41) is 1.35. The van der Waals surface area contributed by atoms with Crippen LogP contribution in [0.25, 0.3) is 16.5 Å². The third-order valence-corrected chi connectivity index (χ3v) is 6.30. The first-order valence-corrected chi connectivity index (χ1v) is 9.54. The van der Waals surface area contributed by atoms with Crippen LogP contribution in [-0.2, 0) is 16.0 Å². The predicted molar refractivity (Wildman–Crippen MR) is 104 cm³/mol. The number of piperazine rings is 1. The summed E-state index contributed by atoms with van der Waals surface area (Å²) in [6.45, 7) is 2.33. The highest BCUT2D eigenvalue weighted by Gasteiger charge is 2.35. The highest BCUT2D eigenvalue weighted by atomic mass is 16.2. The lowest BCUT2D eigenvalue weighted by Gasteiger charge is -2.41. The van der Waals surface area contributed by atoms with Crippen LogP contribution in [0, 0.1) is 5.92 Å². The molecule has 6 nitrogen and oxygen atoms in total. The number of nitrogens with zero attached hydrogens (tertiary/aromatic N) is 3. The summed E-state index contributed by atoms with van der Waals surface area (Å²) in [4.78, 5) is 33.1. The molecule has 1 aromatic heterocycles. The van der Waals surface area contributed by atoms with E-state index in [1.807, 2.05) is 4.90 Å². The molecule has 0 radical (unpaired) electrons. The highest BCUT2D eigenvalue weighted by molar-refractivity contribution is 5.99. The molecular formula is C21H24N4O2. The number of benzene rings is 1. The summed E-state index contributed by atoms with van der Waals surface area (Å²) in [5.74, 6) is 0.0849. The lowest BCUT2D eigenvalue weighted by molar-refractivity contribution is -0.149. The normalized spacial score (nSPS) is 26.4. The topological polar surface area (TPSA) is 59.7 Å². The Balaban J connectivity index is 1.46. The average Bonchev–Trinajstić information content (AvgIpc) is 3.05. The number of rotatable bonds is 2. The van der Waals surface area contributed by atoms with E-state index in [9.17, 15) is 9.59 Å². The molecule has 3 heterocycles. The Morgan fingerprint density at radius 1 is 1.15 bits per heavy atom. The van der Waals surface area contributed by atoms with Crippen molar-refractivity contribution in [3.05, 3.63) is 41.6 Å². The molecule has 27 heavy (non-hydrogen) atoms. The molecule has 1 saturated heterocycles. The Bertz CT molecular complexity index is 958. The van der Waals surface area contributed by atoms with E-state index in [1.165, 1.54) is 32.5 Å². The number of likely N-dealkylation sites (N-methyl/N-ethyl adjacent to an activating group) is 2. The van der Waals surface area contributed by atoms with Crippen molar-refractivity contribution < 1.29 is 9.59 Å². The summed E-state index contributed by atoms with van der Waals surface area (Å²) in [7, 11) is 3.75. The van der Waals surface area contributed by atoms with Gasteiger partial charge < -0.3 is 4.98 Å². The van der Waals surface area contributed by atoms with Crippen molar-refractivity contribution in [3.8, 4) is 0 Å². The van der Waals surface area contributed by atoms with Gasteiger partial charge in [-0.1, -0.05) is 18.2 Å². The number of fused-ring (bicyclic) bond motifs is 2. The van der Waals surface area contributed by atoms with Crippen molar-refractivity contribution in [1.82, 2.24) is 19.7 Å². The molecule has 140 valence electrons. The van der Waals surface area contributed by atoms with E-state index in [-0.39, 0.29) is 11.8 Å². The number of aromatic amines is 1. The van der Waals surface area contributed by atoms with E-state index < -0.39 is 0 Å². The molecule has 0 unspecified atom stereocenters. The Labute approximate surface area is 158 Å². The second-order valence-corrected chi connectivity index (χ2v) is 8.10. The number of aromatic nitrogens is 1. The van der Waals surface area contributed by atoms with E-state index in [1.54, 1.807) is 7.05 Å². The summed E-state index contributed by atoms with van der Waals surface area (Å²) in [5.41, 5.74) is 5.30. The number of amides is 2. The number of H-pyrrole nitrogens is 1. The molecule has 5 rings (SSSR count). The minimum atomic E-state index is -0.111. The molecule has 2 aromatic rings. The fourth-order valence-corrected chi connectivity index (χ4v) is 4.91. The van der Waals surface area contributed by atoms with Crippen molar-refractivity contribution in [1.29, 1.82) is 0 Å². The second-order valence-electron chi connectivity index (χ2n) is 8.10. The van der Waals surface area contributed by atoms with Gasteiger partial charge >= 0.3 is 0 Å². The van der Waals surface area contributed by atoms with Gasteiger partial charge in [-0.15, -0.1) is 0 Å². The van der Waals surface area contributed by atoms with Gasteiger partial charge in [0, 0.05) is 49.2 Å². The maximum atomic E-state index is 12.0. The Hall–Kier alpha value is -2.44. The molecule has 2 atom stereocenters. The fourth-order valence-electron chi connectivity index (χ4n) is 4.91. The summed E-state index contributed by atoms with van der Waals surface area (Å²) in [6, 6.07) is 6.86. The largest absolute Gasteiger partial charge is 0.361 e. The van der Waals surface area contributed by atoms with Crippen molar-refractivity contribution in [2.24, 2.45) is 5.92 Å². The van der Waals surface area contributed by atoms with Gasteiger partial charge in [0.15, 0.2) is 0 Å². The lowest BCUT2D eigenvalue weighted by Crippen LogP contribution is -2.54. The fraction of sp³-hybridized carbons (Fsp3) is 0.429. The minimum absolute atomic E-state index is 0.111. The monoisotopic (exact) mass is 364 g/mol. The Morgan fingerprint density at radius 3 is 2.70 bits per heavy atom. The average molecular weight is 364 g/mol. The van der Waals surface area contributed by atoms with Gasteiger partial charge in [-0.2, -0.15) is 0 Å². The van der Waals surface area contributed by atoms with E-state index in [4.69, 9.17) is 0 Å². The van der Waals surface area contributed by atoms with E-state index >= 15 is 0 Å². The minimum Gasteiger partial charge on any atom is -0.361 e. The zero-order chi connectivity index (χ0) is 18.7. The van der Waals surface area contributed by atoms with Gasteiger partial charge in [0.1, 0.15) is 0 Å². The molecule has 6 heteroatoms. The summed E-state index contributed by atoms with van der Waals surface area (Å²) in [6.07, 6.45) is 5.56. The van der Waals surface area contributed by atoms with Crippen LogP contribution in [0.1, 0.15) is 11.1 Å². The third kappa shape index (κ3) is 2.63. The number of carbonyl (C=O) groups is 2. The SMILES string of the molecule is CN1C(=O)CN(C[C@@H]2C=C3c4cccc5[nH]cc(c45)C[C@H]3N(C)C2)CC1=O. The first-order chi connectivity index (χ1) is 13.0. The van der Waals surface area contributed by atoms with Crippen molar-refractivity contribution in [2.75, 3.05) is 40.3 Å². The number of hydrogen-bond donors (Lipinski definition) is 1. The summed E-state index contributed by atoms with van der Waals surface area (Å²) >= 11 is 0. The number of hydrogen-bond acceptors (Lipinski definition) is 4. The van der Waals surface area contributed by atoms with E-state index in [0.717, 1.165) is 19.5 Å². The molecular weight excluding hydrogens is 340 g/mol. The third-order valence-electron chi connectivity index (χ3n) is 6.30. The molecule has 0 bridgehead atoms. The van der Waals surface area contributed by atoms with Crippen molar-refractivity contribution in [2.45, 2.75) is 12.5 Å². The molecule has 1 aliphatic carbocycles. The van der Waals surface area contributed by atoms with Gasteiger partial charge in [-0.25, -0.2) is 0 Å². The summed E-state index contributed by atoms with van der Waals surface area (Å²) < 4.78 is 0. The van der Waals surface area contributed by atoms with Gasteiger partial charge in [0.2, 0.25) is 11.8 Å². The number of carbonyl (C=O) groups excluding carboxylic acids is 2. The van der Waals surface area contributed by atoms with Crippen molar-refractivity contribution in [3.63, 3.8) is 0 Å². The quantitative estimate of drug-likeness (QED) is 0.817. The molecule has 0 spiro atoms. The molecule has 2 aliphatic heterocycles. The molecule has 1 fully saturated rings. The molecule has 0 saturated carbocycles. The highest BCUT2D eigenvalue weighted by Crippen LogP contribution is 2.40. The zero-order valence-electron chi connectivity index (χ0n) is 15.7. The van der Waals surface area contributed by atoms with E-state index in [0.29, 0.717) is 25.0 Å². The van der Waals surface area contributed by atoms with Gasteiger partial charge in [0.05, 0.1) is 13.1 Å². The van der Waals surface area contributed by atoms with Crippen LogP contribution < -0.4 is 0 Å². The number of nitrogens with one attached hydrogen (secondary N) is 1. The van der Waals surface area contributed by atoms with Crippen LogP contribution in [0.4, 0.5) is 0 Å². The van der Waals surface area contributed by atoms with Crippen LogP contribution in [0.15, 0.2) is 30.5 Å². The standard InChI is InChI=1S/C21H24N4O2/c1-23-9-13(10-25-11-19(26)24(2)20(27)12-25)6-16-15-4-3-5-17-21(15)14(8-22-17)7-18(16)23/h3-6,8,13,18,22H,7,9-12H2,1-2H3/t13-,18-/m1/s1. The van der Waals surface area contributed by atoms with Gasteiger partial charge in [0.25, 0.3) is 0 Å². The second kappa shape index (κ2) is 6.04. The number of imide groups is 1. The van der Waals surface area contributed by atoms with Gasteiger partial charge in [-0.3, -0.25) is 24.3 Å². The first-order valence-electron chi connectivity index (χ1n) is 9.54. The maximum absolute atomic E-state index is 12.0. The van der Waals surface area contributed by atoms with Gasteiger partial charge in [-0.05, 0) is 36.2 Å². The Morgan fingerprint density at radius 2 is 1.93 bits per heavy atom. The zero-order valence-corrected chi connectivity index (χ0v) is 15.7. The van der Waals surface area contributed by atoms with Crippen LogP contribution in [-0.4, -0.2) is 77.8 Å². The lowest BCUT2D eigenvalue weighted by atomic mass is 9.80. The van der Waals surface area contributed by atoms with Crippen LogP contribution in [0.2, 0.25) is 0 Å². The predicted octanol–water partition coefficient (Wildman–Crippen LogP) is 1.34. The molecule has 3 aliphatic rings. The maximum Gasteiger partial charge on any atom is 0.243 e. The first kappa shape index (κ1) is 16.7. The Kier molecular flexibility index (Phi) is 3.74. The van der Waals surface area contributed by atoms with Crippen molar-refractivity contribution >= 4 is 28.3 Å². The van der Waals surface area contributed by atoms with Crippen LogP contribution in [0.3, 0.4) is 0 Å². The van der Waals surface area contributed by atoms with Crippen LogP contribution in [0.5, 0.6) is 0 Å². The molecule has 1 N–H and O–H groups in total. The molecule has 1 aromatic carbocycles. The molecule has 2 amide bonds. The smallest absolute Gasteiger partial charge is 0.243 e. The van der Waals surface area contributed by atoms with Crippen LogP contribution >= 0.6 is 0 Å². The van der Waals surface area contributed by atoms with E-state index in [2.05, 4.69) is 47.4 Å².